The van der Waals surface area contributed by atoms with Crippen LogP contribution in [0, 0.1) is 0 Å². The molecular weight excluding hydrogens is 325 g/mol. The molecule has 20 heavy (non-hydrogen) atoms. The van der Waals surface area contributed by atoms with Gasteiger partial charge in [-0.2, -0.15) is 0 Å². The van der Waals surface area contributed by atoms with Crippen LogP contribution >= 0.6 is 23.2 Å². The van der Waals surface area contributed by atoms with Crippen molar-refractivity contribution in [3.05, 3.63) is 28.2 Å². The van der Waals surface area contributed by atoms with E-state index in [-0.39, 0.29) is 30.1 Å². The molecule has 1 aliphatic heterocycles. The summed E-state index contributed by atoms with van der Waals surface area (Å²) in [6, 6.07) is 4.35. The van der Waals surface area contributed by atoms with Crippen LogP contribution in [0.15, 0.2) is 18.2 Å². The topological polar surface area (TPSA) is 72.5 Å². The van der Waals surface area contributed by atoms with Gasteiger partial charge in [0.2, 0.25) is 0 Å². The molecule has 110 valence electrons. The monoisotopic (exact) mass is 337 g/mol. The summed E-state index contributed by atoms with van der Waals surface area (Å²) in [6.45, 7) is -0.224. The van der Waals surface area contributed by atoms with Crippen LogP contribution in [-0.2, 0) is 14.6 Å². The predicted octanol–water partition coefficient (Wildman–Crippen LogP) is 1.68. The maximum absolute atomic E-state index is 11.7. The normalized spacial score (nSPS) is 20.6. The van der Waals surface area contributed by atoms with Gasteiger partial charge in [0.25, 0.3) is 5.91 Å². The van der Waals surface area contributed by atoms with Crippen molar-refractivity contribution in [2.24, 2.45) is 0 Å². The standard InChI is InChI=1S/C12H13Cl2NO4S/c13-8-1-2-11(10(14)5-8)19-6-12(16)15-9-3-4-20(17,18)7-9/h1-2,5,9H,3-4,6-7H2,(H,15,16)/t9-/m1/s1. The van der Waals surface area contributed by atoms with E-state index in [1.54, 1.807) is 12.1 Å². The molecule has 1 amide bonds. The highest BCUT2D eigenvalue weighted by Gasteiger charge is 2.28. The van der Waals surface area contributed by atoms with Gasteiger partial charge in [0, 0.05) is 11.1 Å². The van der Waals surface area contributed by atoms with Crippen LogP contribution in [0.4, 0.5) is 0 Å². The molecule has 0 bridgehead atoms. The van der Waals surface area contributed by atoms with Crippen molar-refractivity contribution in [1.29, 1.82) is 0 Å². The van der Waals surface area contributed by atoms with E-state index in [1.807, 2.05) is 0 Å². The summed E-state index contributed by atoms with van der Waals surface area (Å²) in [4.78, 5) is 11.7. The molecule has 0 spiro atoms. The van der Waals surface area contributed by atoms with Crippen molar-refractivity contribution in [2.75, 3.05) is 18.1 Å². The molecule has 1 saturated heterocycles. The average Bonchev–Trinajstić information content (AvgIpc) is 2.67. The Hall–Kier alpha value is -0.980. The lowest BCUT2D eigenvalue weighted by Crippen LogP contribution is -2.38. The maximum atomic E-state index is 11.7. The fourth-order valence-electron chi connectivity index (χ4n) is 1.91. The molecule has 0 radical (unpaired) electrons. The Morgan fingerprint density at radius 1 is 1.40 bits per heavy atom. The molecule has 1 aromatic carbocycles. The number of sulfone groups is 1. The third-order valence-corrected chi connectivity index (χ3v) is 5.15. The van der Waals surface area contributed by atoms with Crippen LogP contribution in [0.25, 0.3) is 0 Å². The Bertz CT molecular complexity index is 618. The summed E-state index contributed by atoms with van der Waals surface area (Å²) in [6.07, 6.45) is 0.440. The minimum absolute atomic E-state index is 0.0135. The summed E-state index contributed by atoms with van der Waals surface area (Å²) in [5, 5.41) is 3.41. The predicted molar refractivity (Wildman–Crippen MR) is 77.2 cm³/mol. The summed E-state index contributed by atoms with van der Waals surface area (Å²) >= 11 is 11.6. The van der Waals surface area contributed by atoms with E-state index in [4.69, 9.17) is 27.9 Å². The van der Waals surface area contributed by atoms with Crippen molar-refractivity contribution >= 4 is 38.9 Å². The van der Waals surface area contributed by atoms with Crippen LogP contribution in [0.5, 0.6) is 5.75 Å². The number of benzene rings is 1. The Labute approximate surface area is 127 Å². The Kier molecular flexibility index (Phi) is 4.78. The van der Waals surface area contributed by atoms with Gasteiger partial charge >= 0.3 is 0 Å². The number of hydrogen-bond acceptors (Lipinski definition) is 4. The lowest BCUT2D eigenvalue weighted by Gasteiger charge is -2.12. The highest BCUT2D eigenvalue weighted by atomic mass is 35.5. The van der Waals surface area contributed by atoms with E-state index < -0.39 is 9.84 Å². The minimum atomic E-state index is -3.01. The molecular formula is C12H13Cl2NO4S. The summed E-state index contributed by atoms with van der Waals surface area (Å²) in [5.74, 6) is 0.0748. The molecule has 8 heteroatoms. The van der Waals surface area contributed by atoms with E-state index in [2.05, 4.69) is 5.32 Å². The Morgan fingerprint density at radius 2 is 2.15 bits per heavy atom. The molecule has 1 heterocycles. The second kappa shape index (κ2) is 6.20. The van der Waals surface area contributed by atoms with Crippen LogP contribution in [0.3, 0.4) is 0 Å². The van der Waals surface area contributed by atoms with Crippen molar-refractivity contribution in [1.82, 2.24) is 5.32 Å². The maximum Gasteiger partial charge on any atom is 0.258 e. The zero-order chi connectivity index (χ0) is 14.8. The van der Waals surface area contributed by atoms with Gasteiger partial charge in [-0.15, -0.1) is 0 Å². The van der Waals surface area contributed by atoms with Crippen LogP contribution < -0.4 is 10.1 Å². The van der Waals surface area contributed by atoms with E-state index >= 15 is 0 Å². The van der Waals surface area contributed by atoms with Crippen molar-refractivity contribution in [3.63, 3.8) is 0 Å². The van der Waals surface area contributed by atoms with Gasteiger partial charge in [-0.1, -0.05) is 23.2 Å². The summed E-state index contributed by atoms with van der Waals surface area (Å²) < 4.78 is 27.8. The molecule has 1 aromatic rings. The number of hydrogen-bond donors (Lipinski definition) is 1. The van der Waals surface area contributed by atoms with Gasteiger partial charge in [-0.25, -0.2) is 8.42 Å². The van der Waals surface area contributed by atoms with E-state index in [1.165, 1.54) is 6.07 Å². The van der Waals surface area contributed by atoms with E-state index in [0.29, 0.717) is 22.2 Å². The second-order valence-electron chi connectivity index (χ2n) is 4.53. The smallest absolute Gasteiger partial charge is 0.258 e. The Balaban J connectivity index is 1.84. The number of rotatable bonds is 4. The van der Waals surface area contributed by atoms with Gasteiger partial charge < -0.3 is 10.1 Å². The van der Waals surface area contributed by atoms with Crippen LogP contribution in [-0.4, -0.2) is 38.5 Å². The van der Waals surface area contributed by atoms with Gasteiger partial charge in [0.1, 0.15) is 5.75 Å². The molecule has 0 aliphatic carbocycles. The van der Waals surface area contributed by atoms with E-state index in [9.17, 15) is 13.2 Å². The number of halogens is 2. The lowest BCUT2D eigenvalue weighted by molar-refractivity contribution is -0.123. The fraction of sp³-hybridized carbons (Fsp3) is 0.417. The number of carbonyl (C=O) groups excluding carboxylic acids is 1. The number of amides is 1. The first-order chi connectivity index (χ1) is 9.35. The third kappa shape index (κ3) is 4.26. The second-order valence-corrected chi connectivity index (χ2v) is 7.60. The van der Waals surface area contributed by atoms with Crippen molar-refractivity contribution in [3.8, 4) is 5.75 Å². The quantitative estimate of drug-likeness (QED) is 0.907. The summed E-state index contributed by atoms with van der Waals surface area (Å²) in [7, 11) is -3.01. The van der Waals surface area contributed by atoms with Crippen molar-refractivity contribution < 1.29 is 17.9 Å². The first kappa shape index (κ1) is 15.4. The van der Waals surface area contributed by atoms with Crippen molar-refractivity contribution in [2.45, 2.75) is 12.5 Å². The highest BCUT2D eigenvalue weighted by Crippen LogP contribution is 2.27. The molecule has 0 aromatic heterocycles. The minimum Gasteiger partial charge on any atom is -0.482 e. The highest BCUT2D eigenvalue weighted by molar-refractivity contribution is 7.91. The molecule has 1 aliphatic rings. The molecule has 1 fully saturated rings. The molecule has 1 N–H and O–H groups in total. The van der Waals surface area contributed by atoms with E-state index in [0.717, 1.165) is 0 Å². The molecule has 5 nitrogen and oxygen atoms in total. The summed E-state index contributed by atoms with van der Waals surface area (Å²) in [5.41, 5.74) is 0. The molecule has 0 saturated carbocycles. The molecule has 0 unspecified atom stereocenters. The van der Waals surface area contributed by atoms with Gasteiger partial charge in [0.15, 0.2) is 16.4 Å². The van der Waals surface area contributed by atoms with Crippen LogP contribution in [0.2, 0.25) is 10.0 Å². The van der Waals surface area contributed by atoms with Crippen LogP contribution in [0.1, 0.15) is 6.42 Å². The molecule has 2 rings (SSSR count). The fourth-order valence-corrected chi connectivity index (χ4v) is 4.05. The van der Waals surface area contributed by atoms with Gasteiger partial charge in [0.05, 0.1) is 16.5 Å². The number of nitrogens with one attached hydrogen (secondary N) is 1. The molecule has 1 atom stereocenters. The number of ether oxygens (including phenoxy) is 1. The van der Waals surface area contributed by atoms with Gasteiger partial charge in [-0.05, 0) is 24.6 Å². The SMILES string of the molecule is O=C(COc1ccc(Cl)cc1Cl)N[C@@H]1CCS(=O)(=O)C1. The first-order valence-electron chi connectivity index (χ1n) is 5.93. The first-order valence-corrected chi connectivity index (χ1v) is 8.51. The lowest BCUT2D eigenvalue weighted by atomic mass is 10.2. The zero-order valence-electron chi connectivity index (χ0n) is 10.4. The number of carbonyl (C=O) groups is 1. The zero-order valence-corrected chi connectivity index (χ0v) is 12.8. The third-order valence-electron chi connectivity index (χ3n) is 2.85. The van der Waals surface area contributed by atoms with Gasteiger partial charge in [-0.3, -0.25) is 4.79 Å². The largest absolute Gasteiger partial charge is 0.482 e. The Morgan fingerprint density at radius 3 is 2.75 bits per heavy atom. The average molecular weight is 338 g/mol.